The van der Waals surface area contributed by atoms with Crippen molar-refractivity contribution in [1.29, 1.82) is 0 Å². The predicted octanol–water partition coefficient (Wildman–Crippen LogP) is 1.34. The quantitative estimate of drug-likeness (QED) is 0.749. The molecule has 0 atom stereocenters. The highest BCUT2D eigenvalue weighted by atomic mass is 19.1. The molecule has 0 radical (unpaired) electrons. The predicted molar refractivity (Wildman–Crippen MR) is 60.5 cm³/mol. The molecule has 0 aliphatic heterocycles. The van der Waals surface area contributed by atoms with Crippen molar-refractivity contribution in [1.82, 2.24) is 20.2 Å². The number of ether oxygens (including phenoxy) is 1. The lowest BCUT2D eigenvalue weighted by atomic mass is 10.2. The first-order valence-corrected chi connectivity index (χ1v) is 5.35. The maximum atomic E-state index is 12.6. The van der Waals surface area contributed by atoms with Crippen LogP contribution in [0.25, 0.3) is 5.69 Å². The van der Waals surface area contributed by atoms with Gasteiger partial charge in [-0.05, 0) is 35.5 Å². The fourth-order valence-corrected chi connectivity index (χ4v) is 1.54. The summed E-state index contributed by atoms with van der Waals surface area (Å²) in [5, 5.41) is 10.6. The zero-order valence-electron chi connectivity index (χ0n) is 9.71. The summed E-state index contributed by atoms with van der Waals surface area (Å²) in [7, 11) is 0. The van der Waals surface area contributed by atoms with Crippen molar-refractivity contribution in [3.05, 3.63) is 29.6 Å². The molecule has 6 nitrogen and oxygen atoms in total. The third kappa shape index (κ3) is 2.20. The number of carbonyl (C=O) groups excluding carboxylic acids is 1. The molecule has 7 heteroatoms. The van der Waals surface area contributed by atoms with Crippen LogP contribution in [0.2, 0.25) is 0 Å². The van der Waals surface area contributed by atoms with Gasteiger partial charge in [0.1, 0.15) is 5.75 Å². The first-order chi connectivity index (χ1) is 8.80. The van der Waals surface area contributed by atoms with Crippen LogP contribution in [0.4, 0.5) is 4.39 Å². The van der Waals surface area contributed by atoms with E-state index in [0.29, 0.717) is 29.9 Å². The van der Waals surface area contributed by atoms with E-state index in [4.69, 9.17) is 4.74 Å². The highest BCUT2D eigenvalue weighted by Crippen LogP contribution is 2.21. The number of tetrazole rings is 1. The van der Waals surface area contributed by atoms with Gasteiger partial charge >= 0.3 is 0 Å². The Morgan fingerprint density at radius 2 is 2.33 bits per heavy atom. The van der Waals surface area contributed by atoms with Crippen molar-refractivity contribution in [2.45, 2.75) is 13.6 Å². The van der Waals surface area contributed by atoms with Crippen molar-refractivity contribution < 1.29 is 13.9 Å². The Morgan fingerprint density at radius 3 is 3.00 bits per heavy atom. The van der Waals surface area contributed by atoms with Crippen LogP contribution in [0.3, 0.4) is 0 Å². The number of aldehydes is 1. The molecule has 1 aromatic heterocycles. The normalized spacial score (nSPS) is 10.3. The van der Waals surface area contributed by atoms with Gasteiger partial charge in [0.05, 0.1) is 17.9 Å². The Labute approximate surface area is 102 Å². The van der Waals surface area contributed by atoms with E-state index in [9.17, 15) is 9.18 Å². The lowest BCUT2D eigenvalue weighted by Gasteiger charge is -2.08. The zero-order valence-corrected chi connectivity index (χ0v) is 9.71. The van der Waals surface area contributed by atoms with Crippen molar-refractivity contribution in [2.24, 2.45) is 0 Å². The summed E-state index contributed by atoms with van der Waals surface area (Å²) < 4.78 is 19.2. The lowest BCUT2D eigenvalue weighted by molar-refractivity contribution is 0.112. The molecule has 18 heavy (non-hydrogen) atoms. The van der Waals surface area contributed by atoms with E-state index in [1.54, 1.807) is 18.2 Å². The number of benzene rings is 1. The van der Waals surface area contributed by atoms with Crippen molar-refractivity contribution in [3.63, 3.8) is 0 Å². The second-order valence-corrected chi connectivity index (χ2v) is 3.41. The highest BCUT2D eigenvalue weighted by molar-refractivity contribution is 5.80. The second-order valence-electron chi connectivity index (χ2n) is 3.41. The Morgan fingerprint density at radius 1 is 1.50 bits per heavy atom. The summed E-state index contributed by atoms with van der Waals surface area (Å²) in [6.07, 6.45) is 0.675. The molecule has 0 bridgehead atoms. The van der Waals surface area contributed by atoms with Gasteiger partial charge in [0, 0.05) is 0 Å². The molecule has 2 rings (SSSR count). The van der Waals surface area contributed by atoms with Crippen molar-refractivity contribution >= 4 is 6.29 Å². The third-order valence-corrected chi connectivity index (χ3v) is 2.32. The Balaban J connectivity index is 2.44. The smallest absolute Gasteiger partial charge is 0.187 e. The Bertz CT molecular complexity index is 556. The summed E-state index contributed by atoms with van der Waals surface area (Å²) in [6, 6.07) is 4.84. The second kappa shape index (κ2) is 5.35. The minimum absolute atomic E-state index is 0.0796. The average Bonchev–Trinajstić information content (AvgIpc) is 2.88. The molecule has 0 saturated carbocycles. The maximum Gasteiger partial charge on any atom is 0.187 e. The minimum Gasteiger partial charge on any atom is -0.493 e. The molecule has 2 aromatic rings. The van der Waals surface area contributed by atoms with Gasteiger partial charge in [-0.3, -0.25) is 4.79 Å². The monoisotopic (exact) mass is 250 g/mol. The lowest BCUT2D eigenvalue weighted by Crippen LogP contribution is -2.04. The molecule has 0 fully saturated rings. The number of rotatable bonds is 5. The molecule has 1 heterocycles. The molecule has 0 amide bonds. The number of nitrogens with zero attached hydrogens (tertiary/aromatic N) is 4. The summed E-state index contributed by atoms with van der Waals surface area (Å²) in [6.45, 7) is 1.50. The van der Waals surface area contributed by atoms with Crippen LogP contribution in [0, 0.1) is 0 Å². The molecule has 0 aliphatic carbocycles. The van der Waals surface area contributed by atoms with Crippen molar-refractivity contribution in [2.75, 3.05) is 6.61 Å². The number of carbonyl (C=O) groups is 1. The fraction of sp³-hybridized carbons (Fsp3) is 0.273. The molecule has 0 aliphatic rings. The maximum absolute atomic E-state index is 12.6. The number of hydrogen-bond donors (Lipinski definition) is 0. The van der Waals surface area contributed by atoms with Crippen LogP contribution in [0.1, 0.15) is 23.1 Å². The molecule has 1 aromatic carbocycles. The van der Waals surface area contributed by atoms with Crippen LogP contribution in [-0.4, -0.2) is 33.1 Å². The van der Waals surface area contributed by atoms with Gasteiger partial charge in [-0.15, -0.1) is 5.10 Å². The molecular formula is C11H11FN4O2. The van der Waals surface area contributed by atoms with E-state index in [0.717, 1.165) is 0 Å². The molecule has 0 saturated heterocycles. The summed E-state index contributed by atoms with van der Waals surface area (Å²) in [5.41, 5.74) is 0.882. The summed E-state index contributed by atoms with van der Waals surface area (Å²) in [5.74, 6) is 0.558. The van der Waals surface area contributed by atoms with Gasteiger partial charge in [0.15, 0.2) is 18.8 Å². The third-order valence-electron chi connectivity index (χ3n) is 2.32. The van der Waals surface area contributed by atoms with Crippen LogP contribution in [0.15, 0.2) is 18.2 Å². The van der Waals surface area contributed by atoms with Gasteiger partial charge in [-0.25, -0.2) is 4.39 Å². The number of halogens is 1. The Hall–Kier alpha value is -2.31. The van der Waals surface area contributed by atoms with Gasteiger partial charge < -0.3 is 4.74 Å². The Kier molecular flexibility index (Phi) is 3.61. The molecule has 0 unspecified atom stereocenters. The van der Waals surface area contributed by atoms with Gasteiger partial charge in [0.25, 0.3) is 0 Å². The number of aromatic nitrogens is 4. The van der Waals surface area contributed by atoms with Gasteiger partial charge in [0.2, 0.25) is 0 Å². The van der Waals surface area contributed by atoms with E-state index >= 15 is 0 Å². The van der Waals surface area contributed by atoms with Crippen LogP contribution in [-0.2, 0) is 6.67 Å². The van der Waals surface area contributed by atoms with Gasteiger partial charge in [-0.1, -0.05) is 0 Å². The average molecular weight is 250 g/mol. The van der Waals surface area contributed by atoms with E-state index in [2.05, 4.69) is 15.5 Å². The first kappa shape index (κ1) is 12.2. The fourth-order valence-electron chi connectivity index (χ4n) is 1.54. The van der Waals surface area contributed by atoms with E-state index in [-0.39, 0.29) is 5.82 Å². The molecular weight excluding hydrogens is 239 g/mol. The van der Waals surface area contributed by atoms with Crippen LogP contribution >= 0.6 is 0 Å². The standard InChI is InChI=1S/C11H11FN4O2/c1-2-18-10-4-3-9(5-8(10)7-17)16-11(6-12)13-14-15-16/h3-5,7H,2,6H2,1H3. The topological polar surface area (TPSA) is 69.9 Å². The summed E-state index contributed by atoms with van der Waals surface area (Å²) in [4.78, 5) is 11.0. The molecule has 94 valence electrons. The summed E-state index contributed by atoms with van der Waals surface area (Å²) >= 11 is 0. The first-order valence-electron chi connectivity index (χ1n) is 5.35. The zero-order chi connectivity index (χ0) is 13.0. The van der Waals surface area contributed by atoms with E-state index in [1.807, 2.05) is 6.92 Å². The largest absolute Gasteiger partial charge is 0.493 e. The van der Waals surface area contributed by atoms with Crippen LogP contribution in [0.5, 0.6) is 5.75 Å². The van der Waals surface area contributed by atoms with Gasteiger partial charge in [-0.2, -0.15) is 4.68 Å². The minimum atomic E-state index is -0.781. The van der Waals surface area contributed by atoms with E-state index in [1.165, 1.54) is 4.68 Å². The van der Waals surface area contributed by atoms with E-state index < -0.39 is 6.67 Å². The molecule has 0 spiro atoms. The SMILES string of the molecule is CCOc1ccc(-n2nnnc2CF)cc1C=O. The van der Waals surface area contributed by atoms with Crippen LogP contribution < -0.4 is 4.74 Å². The highest BCUT2D eigenvalue weighted by Gasteiger charge is 2.10. The number of alkyl halides is 1. The van der Waals surface area contributed by atoms with Crippen molar-refractivity contribution in [3.8, 4) is 11.4 Å². The number of hydrogen-bond acceptors (Lipinski definition) is 5. The molecule has 0 N–H and O–H groups in total.